The molecule has 2 aromatic rings. The molecular weight excluding hydrogens is 348 g/mol. The Morgan fingerprint density at radius 3 is 2.54 bits per heavy atom. The van der Waals surface area contributed by atoms with Crippen LogP contribution in [-0.2, 0) is 4.79 Å². The minimum absolute atomic E-state index is 0.187. The first-order valence-electron chi connectivity index (χ1n) is 8.50. The van der Waals surface area contributed by atoms with Crippen molar-refractivity contribution >= 4 is 23.9 Å². The van der Waals surface area contributed by atoms with Crippen molar-refractivity contribution in [1.29, 1.82) is 0 Å². The molecule has 1 N–H and O–H groups in total. The van der Waals surface area contributed by atoms with Gasteiger partial charge in [-0.05, 0) is 63.1 Å². The van der Waals surface area contributed by atoms with Crippen molar-refractivity contribution in [3.8, 4) is 5.75 Å². The summed E-state index contributed by atoms with van der Waals surface area (Å²) in [7, 11) is 0. The summed E-state index contributed by atoms with van der Waals surface area (Å²) in [5.74, 6) is 0.832. The maximum atomic E-state index is 11.9. The van der Waals surface area contributed by atoms with Crippen LogP contribution in [0.3, 0.4) is 0 Å². The first-order chi connectivity index (χ1) is 12.5. The van der Waals surface area contributed by atoms with Crippen LogP contribution in [0, 0.1) is 13.8 Å². The number of rotatable bonds is 8. The molecule has 0 aliphatic heterocycles. The Labute approximate surface area is 158 Å². The number of benzene rings is 1. The van der Waals surface area contributed by atoms with E-state index in [1.54, 1.807) is 6.21 Å². The largest absolute Gasteiger partial charge is 0.491 e. The van der Waals surface area contributed by atoms with E-state index >= 15 is 0 Å². The van der Waals surface area contributed by atoms with Crippen molar-refractivity contribution in [2.75, 3.05) is 5.75 Å². The van der Waals surface area contributed by atoms with Crippen LogP contribution in [0.5, 0.6) is 5.75 Å². The molecule has 1 aromatic heterocycles. The summed E-state index contributed by atoms with van der Waals surface area (Å²) in [6, 6.07) is 9.47. The molecular formula is C19H24N4O2S. The molecule has 1 atom stereocenters. The molecule has 1 amide bonds. The summed E-state index contributed by atoms with van der Waals surface area (Å²) in [6.07, 6.45) is 2.75. The Kier molecular flexibility index (Phi) is 7.59. The fourth-order valence-electron chi connectivity index (χ4n) is 2.05. The van der Waals surface area contributed by atoms with E-state index in [4.69, 9.17) is 4.74 Å². The highest BCUT2D eigenvalue weighted by atomic mass is 32.2. The average Bonchev–Trinajstić information content (AvgIpc) is 2.60. The average molecular weight is 372 g/mol. The Morgan fingerprint density at radius 2 is 1.92 bits per heavy atom. The summed E-state index contributed by atoms with van der Waals surface area (Å²) in [5, 5.41) is 4.57. The van der Waals surface area contributed by atoms with Gasteiger partial charge in [0.05, 0.1) is 18.1 Å². The molecule has 0 aliphatic rings. The van der Waals surface area contributed by atoms with Gasteiger partial charge in [0.25, 0.3) is 5.91 Å². The van der Waals surface area contributed by atoms with E-state index in [1.165, 1.54) is 11.8 Å². The maximum Gasteiger partial charge on any atom is 0.250 e. The third kappa shape index (κ3) is 6.84. The zero-order chi connectivity index (χ0) is 18.9. The van der Waals surface area contributed by atoms with Crippen LogP contribution in [0.2, 0.25) is 0 Å². The number of hydrogen-bond donors (Lipinski definition) is 1. The number of nitrogens with one attached hydrogen (secondary N) is 1. The summed E-state index contributed by atoms with van der Waals surface area (Å²) < 4.78 is 5.72. The van der Waals surface area contributed by atoms with Gasteiger partial charge >= 0.3 is 0 Å². The number of aryl methyl sites for hydroxylation is 2. The second kappa shape index (κ2) is 9.91. The Hall–Kier alpha value is -2.41. The third-order valence-electron chi connectivity index (χ3n) is 3.49. The molecule has 1 aromatic carbocycles. The molecule has 0 spiro atoms. The van der Waals surface area contributed by atoms with Gasteiger partial charge in [-0.1, -0.05) is 18.7 Å². The molecule has 0 aliphatic carbocycles. The Balaban J connectivity index is 1.79. The molecule has 0 fully saturated rings. The molecule has 2 rings (SSSR count). The predicted octanol–water partition coefficient (Wildman–Crippen LogP) is 3.51. The number of hydrazone groups is 1. The lowest BCUT2D eigenvalue weighted by Gasteiger charge is -2.12. The fraction of sp³-hybridized carbons (Fsp3) is 0.368. The smallest absolute Gasteiger partial charge is 0.250 e. The zero-order valence-electron chi connectivity index (χ0n) is 15.5. The lowest BCUT2D eigenvalue weighted by molar-refractivity contribution is -0.118. The van der Waals surface area contributed by atoms with E-state index in [-0.39, 0.29) is 17.8 Å². The number of carbonyl (C=O) groups excluding carboxylic acids is 1. The second-order valence-corrected chi connectivity index (χ2v) is 6.86. The standard InChI is InChI=1S/C19H24N4O2S/c1-5-15(4)25-17-8-6-16(7-9-17)11-20-23-18(24)12-26-19-21-13(2)10-14(3)22-19/h6-11,15H,5,12H2,1-4H3,(H,23,24)/b20-11-/t15-/m0/s1. The Bertz CT molecular complexity index is 742. The van der Waals surface area contributed by atoms with E-state index in [9.17, 15) is 4.79 Å². The number of amides is 1. The highest BCUT2D eigenvalue weighted by Gasteiger charge is 2.05. The molecule has 1 heterocycles. The summed E-state index contributed by atoms with van der Waals surface area (Å²) in [4.78, 5) is 20.4. The van der Waals surface area contributed by atoms with Gasteiger partial charge in [-0.2, -0.15) is 5.10 Å². The molecule has 7 heteroatoms. The fourth-order valence-corrected chi connectivity index (χ4v) is 2.79. The van der Waals surface area contributed by atoms with Crippen molar-refractivity contribution in [2.24, 2.45) is 5.10 Å². The van der Waals surface area contributed by atoms with Crippen molar-refractivity contribution in [1.82, 2.24) is 15.4 Å². The zero-order valence-corrected chi connectivity index (χ0v) is 16.3. The molecule has 0 bridgehead atoms. The molecule has 26 heavy (non-hydrogen) atoms. The minimum atomic E-state index is -0.203. The first-order valence-corrected chi connectivity index (χ1v) is 9.48. The summed E-state index contributed by atoms with van der Waals surface area (Å²) in [5.41, 5.74) is 5.17. The summed E-state index contributed by atoms with van der Waals surface area (Å²) >= 11 is 1.29. The maximum absolute atomic E-state index is 11.9. The number of nitrogens with zero attached hydrogens (tertiary/aromatic N) is 3. The monoisotopic (exact) mass is 372 g/mol. The number of aromatic nitrogens is 2. The van der Waals surface area contributed by atoms with Crippen LogP contribution in [0.1, 0.15) is 37.2 Å². The third-order valence-corrected chi connectivity index (χ3v) is 4.34. The molecule has 0 saturated carbocycles. The van der Waals surface area contributed by atoms with Gasteiger partial charge in [0.2, 0.25) is 0 Å². The van der Waals surface area contributed by atoms with Crippen LogP contribution in [0.25, 0.3) is 0 Å². The molecule has 6 nitrogen and oxygen atoms in total. The number of thioether (sulfide) groups is 1. The van der Waals surface area contributed by atoms with E-state index < -0.39 is 0 Å². The van der Waals surface area contributed by atoms with E-state index in [0.29, 0.717) is 5.16 Å². The normalized spacial score (nSPS) is 12.2. The summed E-state index contributed by atoms with van der Waals surface area (Å²) in [6.45, 7) is 7.93. The van der Waals surface area contributed by atoms with Crippen LogP contribution in [0.4, 0.5) is 0 Å². The van der Waals surface area contributed by atoms with Gasteiger partial charge in [0.1, 0.15) is 5.75 Å². The van der Waals surface area contributed by atoms with Crippen LogP contribution in [0.15, 0.2) is 40.6 Å². The van der Waals surface area contributed by atoms with Crippen molar-refractivity contribution in [2.45, 2.75) is 45.4 Å². The minimum Gasteiger partial charge on any atom is -0.491 e. The molecule has 138 valence electrons. The van der Waals surface area contributed by atoms with Gasteiger partial charge in [-0.15, -0.1) is 0 Å². The highest BCUT2D eigenvalue weighted by molar-refractivity contribution is 7.99. The van der Waals surface area contributed by atoms with Gasteiger partial charge in [-0.3, -0.25) is 4.79 Å². The topological polar surface area (TPSA) is 76.5 Å². The number of ether oxygens (including phenoxy) is 1. The van der Waals surface area contributed by atoms with Gasteiger partial charge < -0.3 is 4.74 Å². The predicted molar refractivity (Wildman–Crippen MR) is 105 cm³/mol. The SMILES string of the molecule is CC[C@H](C)Oc1ccc(/C=N\NC(=O)CSc2nc(C)cc(C)n2)cc1. The van der Waals surface area contributed by atoms with E-state index in [1.807, 2.05) is 51.1 Å². The van der Waals surface area contributed by atoms with Gasteiger partial charge in [0, 0.05) is 11.4 Å². The number of carbonyl (C=O) groups is 1. The van der Waals surface area contributed by atoms with Crippen molar-refractivity contribution in [3.63, 3.8) is 0 Å². The van der Waals surface area contributed by atoms with E-state index in [2.05, 4.69) is 27.4 Å². The van der Waals surface area contributed by atoms with Crippen molar-refractivity contribution < 1.29 is 9.53 Å². The molecule has 0 unspecified atom stereocenters. The van der Waals surface area contributed by atoms with Gasteiger partial charge in [0.15, 0.2) is 5.16 Å². The van der Waals surface area contributed by atoms with Crippen molar-refractivity contribution in [3.05, 3.63) is 47.3 Å². The van der Waals surface area contributed by atoms with Gasteiger partial charge in [-0.25, -0.2) is 15.4 Å². The number of hydrogen-bond acceptors (Lipinski definition) is 6. The first kappa shape index (κ1) is 19.9. The van der Waals surface area contributed by atoms with Crippen LogP contribution >= 0.6 is 11.8 Å². The molecule has 0 radical (unpaired) electrons. The lowest BCUT2D eigenvalue weighted by Crippen LogP contribution is -2.19. The highest BCUT2D eigenvalue weighted by Crippen LogP contribution is 2.14. The van der Waals surface area contributed by atoms with Crippen LogP contribution < -0.4 is 10.2 Å². The quantitative estimate of drug-likeness (QED) is 0.332. The second-order valence-electron chi connectivity index (χ2n) is 5.92. The lowest BCUT2D eigenvalue weighted by atomic mass is 10.2. The Morgan fingerprint density at radius 1 is 1.27 bits per heavy atom. The molecule has 0 saturated heterocycles. The van der Waals surface area contributed by atoms with E-state index in [0.717, 1.165) is 29.1 Å². The van der Waals surface area contributed by atoms with Crippen LogP contribution in [-0.4, -0.2) is 33.9 Å².